The van der Waals surface area contributed by atoms with Gasteiger partial charge in [-0.3, -0.25) is 10.1 Å². The highest BCUT2D eigenvalue weighted by molar-refractivity contribution is 8.03. The number of nitro groups is 1. The van der Waals surface area contributed by atoms with Crippen LogP contribution in [0.25, 0.3) is 28.5 Å². The van der Waals surface area contributed by atoms with Crippen LogP contribution in [0.3, 0.4) is 0 Å². The molecule has 9 heteroatoms. The molecule has 4 aromatic rings. The van der Waals surface area contributed by atoms with E-state index < -0.39 is 10.9 Å². The highest BCUT2D eigenvalue weighted by atomic mass is 32.2. The molecule has 0 bridgehead atoms. The number of carbonyl (C=O) groups is 1. The van der Waals surface area contributed by atoms with Crippen LogP contribution in [0, 0.1) is 10.1 Å². The van der Waals surface area contributed by atoms with Gasteiger partial charge in [-0.1, -0.05) is 24.3 Å². The van der Waals surface area contributed by atoms with Gasteiger partial charge in [0.1, 0.15) is 21.9 Å². The predicted molar refractivity (Wildman–Crippen MR) is 106 cm³/mol. The number of carboxylic acids is 1. The first kappa shape index (κ1) is 18.5. The Morgan fingerprint density at radius 3 is 2.69 bits per heavy atom. The van der Waals surface area contributed by atoms with Gasteiger partial charge < -0.3 is 13.9 Å². The van der Waals surface area contributed by atoms with Crippen LogP contribution in [-0.2, 0) is 4.79 Å². The molecule has 0 atom stereocenters. The van der Waals surface area contributed by atoms with Gasteiger partial charge in [0, 0.05) is 23.8 Å². The number of aromatic nitrogens is 1. The summed E-state index contributed by atoms with van der Waals surface area (Å²) in [4.78, 5) is 26.3. The zero-order valence-electron chi connectivity index (χ0n) is 14.6. The zero-order valence-corrected chi connectivity index (χ0v) is 15.5. The van der Waals surface area contributed by atoms with Crippen molar-refractivity contribution in [3.8, 4) is 11.3 Å². The van der Waals surface area contributed by atoms with E-state index in [1.165, 1.54) is 18.2 Å². The smallest absolute Gasteiger partial charge is 0.342 e. The fourth-order valence-electron chi connectivity index (χ4n) is 2.61. The SMILES string of the molecule is O=C(O)/C(=C\c1ccc(-c2cccc([N+](=O)[O-])c2)o1)Sc1nc2ccccc2o1. The van der Waals surface area contributed by atoms with E-state index in [0.717, 1.165) is 11.8 Å². The van der Waals surface area contributed by atoms with Crippen molar-refractivity contribution in [3.05, 3.63) is 81.4 Å². The van der Waals surface area contributed by atoms with Crippen molar-refractivity contribution in [3.63, 3.8) is 0 Å². The maximum atomic E-state index is 11.6. The summed E-state index contributed by atoms with van der Waals surface area (Å²) in [5.74, 6) is -0.491. The van der Waals surface area contributed by atoms with Crippen molar-refractivity contribution in [2.24, 2.45) is 0 Å². The number of nitrogens with zero attached hydrogens (tertiary/aromatic N) is 2. The van der Waals surface area contributed by atoms with Crippen molar-refractivity contribution in [2.75, 3.05) is 0 Å². The highest BCUT2D eigenvalue weighted by Gasteiger charge is 2.16. The van der Waals surface area contributed by atoms with Crippen LogP contribution in [-0.4, -0.2) is 21.0 Å². The molecule has 144 valence electrons. The number of oxazole rings is 1. The third-order valence-electron chi connectivity index (χ3n) is 3.92. The second-order valence-electron chi connectivity index (χ2n) is 5.87. The largest absolute Gasteiger partial charge is 0.477 e. The monoisotopic (exact) mass is 408 g/mol. The molecule has 0 radical (unpaired) electrons. The van der Waals surface area contributed by atoms with Crippen molar-refractivity contribution < 1.29 is 23.7 Å². The van der Waals surface area contributed by atoms with E-state index in [1.807, 2.05) is 6.07 Å². The number of rotatable bonds is 6. The summed E-state index contributed by atoms with van der Waals surface area (Å²) >= 11 is 0.863. The van der Waals surface area contributed by atoms with Crippen LogP contribution in [0.1, 0.15) is 5.76 Å². The van der Waals surface area contributed by atoms with E-state index in [-0.39, 0.29) is 21.6 Å². The molecule has 0 amide bonds. The van der Waals surface area contributed by atoms with Crippen molar-refractivity contribution in [2.45, 2.75) is 5.22 Å². The van der Waals surface area contributed by atoms with E-state index in [4.69, 9.17) is 8.83 Å². The van der Waals surface area contributed by atoms with Crippen LogP contribution in [0.15, 0.2) is 79.6 Å². The highest BCUT2D eigenvalue weighted by Crippen LogP contribution is 2.32. The molecule has 0 saturated carbocycles. The lowest BCUT2D eigenvalue weighted by Gasteiger charge is -1.98. The van der Waals surface area contributed by atoms with Crippen LogP contribution < -0.4 is 0 Å². The number of aliphatic carboxylic acids is 1. The molecule has 0 unspecified atom stereocenters. The molecule has 0 aliphatic rings. The first-order valence-electron chi connectivity index (χ1n) is 8.33. The molecule has 0 aliphatic carbocycles. The van der Waals surface area contributed by atoms with Crippen LogP contribution >= 0.6 is 11.8 Å². The van der Waals surface area contributed by atoms with Gasteiger partial charge in [-0.25, -0.2) is 9.78 Å². The number of fused-ring (bicyclic) bond motifs is 1. The molecule has 4 rings (SSSR count). The van der Waals surface area contributed by atoms with E-state index >= 15 is 0 Å². The maximum absolute atomic E-state index is 11.6. The molecule has 0 aliphatic heterocycles. The zero-order chi connectivity index (χ0) is 20.4. The summed E-state index contributed by atoms with van der Waals surface area (Å²) in [6.45, 7) is 0. The Hall–Kier alpha value is -3.85. The summed E-state index contributed by atoms with van der Waals surface area (Å²) in [7, 11) is 0. The van der Waals surface area contributed by atoms with Crippen LogP contribution in [0.2, 0.25) is 0 Å². The van der Waals surface area contributed by atoms with Crippen molar-refractivity contribution in [1.29, 1.82) is 0 Å². The maximum Gasteiger partial charge on any atom is 0.342 e. The number of hydrogen-bond donors (Lipinski definition) is 1. The van der Waals surface area contributed by atoms with Gasteiger partial charge in [0.25, 0.3) is 10.9 Å². The minimum absolute atomic E-state index is 0.0449. The number of benzene rings is 2. The summed E-state index contributed by atoms with van der Waals surface area (Å²) in [6.07, 6.45) is 1.35. The van der Waals surface area contributed by atoms with Gasteiger partial charge in [-0.05, 0) is 36.0 Å². The van der Waals surface area contributed by atoms with Gasteiger partial charge in [-0.2, -0.15) is 0 Å². The third-order valence-corrected chi connectivity index (χ3v) is 4.79. The second-order valence-corrected chi connectivity index (χ2v) is 6.87. The topological polar surface area (TPSA) is 120 Å². The third kappa shape index (κ3) is 4.04. The summed E-state index contributed by atoms with van der Waals surface area (Å²) in [5.41, 5.74) is 1.65. The van der Waals surface area contributed by atoms with Gasteiger partial charge in [-0.15, -0.1) is 0 Å². The summed E-state index contributed by atoms with van der Waals surface area (Å²) < 4.78 is 11.2. The number of nitro benzene ring substituents is 1. The molecule has 8 nitrogen and oxygen atoms in total. The van der Waals surface area contributed by atoms with E-state index in [9.17, 15) is 20.0 Å². The summed E-state index contributed by atoms with van der Waals surface area (Å²) in [5, 5.41) is 20.6. The summed E-state index contributed by atoms with van der Waals surface area (Å²) in [6, 6.07) is 16.3. The van der Waals surface area contributed by atoms with E-state index in [1.54, 1.807) is 42.5 Å². The predicted octanol–water partition coefficient (Wildman–Crippen LogP) is 5.21. The average Bonchev–Trinajstić information content (AvgIpc) is 3.34. The lowest BCUT2D eigenvalue weighted by molar-refractivity contribution is -0.384. The van der Waals surface area contributed by atoms with Crippen molar-refractivity contribution >= 4 is 40.6 Å². The number of hydrogen-bond acceptors (Lipinski definition) is 7. The lowest BCUT2D eigenvalue weighted by Crippen LogP contribution is -1.96. The van der Waals surface area contributed by atoms with Crippen LogP contribution in [0.4, 0.5) is 5.69 Å². The Bertz CT molecular complexity index is 1220. The number of non-ortho nitro benzene ring substituents is 1. The average molecular weight is 408 g/mol. The molecule has 0 spiro atoms. The van der Waals surface area contributed by atoms with Gasteiger partial charge in [0.15, 0.2) is 5.58 Å². The van der Waals surface area contributed by atoms with Gasteiger partial charge in [0.2, 0.25) is 0 Å². The molecule has 2 aromatic heterocycles. The Morgan fingerprint density at radius 2 is 1.93 bits per heavy atom. The fourth-order valence-corrected chi connectivity index (χ4v) is 3.34. The molecule has 29 heavy (non-hydrogen) atoms. The van der Waals surface area contributed by atoms with Crippen LogP contribution in [0.5, 0.6) is 0 Å². The van der Waals surface area contributed by atoms with Gasteiger partial charge >= 0.3 is 5.97 Å². The first-order valence-corrected chi connectivity index (χ1v) is 9.14. The van der Waals surface area contributed by atoms with Crippen molar-refractivity contribution in [1.82, 2.24) is 4.98 Å². The normalized spacial score (nSPS) is 11.7. The Kier molecular flexibility index (Phi) is 4.88. The molecule has 0 fully saturated rings. The molecular formula is C20H12N2O6S. The molecular weight excluding hydrogens is 396 g/mol. The molecule has 2 aromatic carbocycles. The lowest BCUT2D eigenvalue weighted by atomic mass is 10.1. The van der Waals surface area contributed by atoms with E-state index in [0.29, 0.717) is 22.4 Å². The quantitative estimate of drug-likeness (QED) is 0.200. The Labute approximate surface area is 167 Å². The minimum Gasteiger partial charge on any atom is -0.477 e. The molecule has 1 N–H and O–H groups in total. The standard InChI is InChI=1S/C20H12N2O6S/c23-19(24)18(29-20-21-15-6-1-2-7-17(15)28-20)11-14-8-9-16(27-14)12-4-3-5-13(10-12)22(25)26/h1-11H,(H,23,24)/b18-11+. The van der Waals surface area contributed by atoms with Gasteiger partial charge in [0.05, 0.1) is 4.92 Å². The number of thioether (sulfide) groups is 1. The number of para-hydroxylation sites is 2. The van der Waals surface area contributed by atoms with E-state index in [2.05, 4.69) is 4.98 Å². The number of carboxylic acid groups (broad SMARTS) is 1. The first-order chi connectivity index (χ1) is 14.0. The number of furan rings is 1. The fraction of sp³-hybridized carbons (Fsp3) is 0. The molecule has 2 heterocycles. The Morgan fingerprint density at radius 1 is 1.10 bits per heavy atom. The Balaban J connectivity index is 1.61. The molecule has 0 saturated heterocycles. The second kappa shape index (κ2) is 7.64. The minimum atomic E-state index is -1.16.